The minimum Gasteiger partial charge on any atom is -0.305 e. The Morgan fingerprint density at radius 1 is 1.43 bits per heavy atom. The molecule has 1 unspecified atom stereocenters. The van der Waals surface area contributed by atoms with Gasteiger partial charge in [-0.3, -0.25) is 0 Å². The molecule has 14 heavy (non-hydrogen) atoms. The van der Waals surface area contributed by atoms with Crippen LogP contribution < -0.4 is 5.32 Å². The molecule has 2 heteroatoms. The summed E-state index contributed by atoms with van der Waals surface area (Å²) in [6.45, 7) is 11.9. The maximum absolute atomic E-state index is 5.15. The first-order chi connectivity index (χ1) is 6.74. The molecular formula is C12H24N2. The van der Waals surface area contributed by atoms with Crippen LogP contribution in [0, 0.1) is 18.3 Å². The molecule has 0 aliphatic heterocycles. The molecule has 0 amide bonds. The first-order valence-electron chi connectivity index (χ1n) is 5.61. The van der Waals surface area contributed by atoms with Gasteiger partial charge in [0.2, 0.25) is 0 Å². The van der Waals surface area contributed by atoms with Crippen molar-refractivity contribution in [3.63, 3.8) is 0 Å². The molecule has 82 valence electrons. The van der Waals surface area contributed by atoms with E-state index in [1.807, 2.05) is 0 Å². The van der Waals surface area contributed by atoms with Gasteiger partial charge in [0.1, 0.15) is 0 Å². The molecule has 0 fully saturated rings. The highest BCUT2D eigenvalue weighted by Crippen LogP contribution is 2.03. The molecule has 0 saturated heterocycles. The first-order valence-corrected chi connectivity index (χ1v) is 5.61. The SMILES string of the molecule is C#CCNCCN(CC)CC(C)CC. The predicted molar refractivity (Wildman–Crippen MR) is 63.3 cm³/mol. The number of likely N-dealkylation sites (N-methyl/N-ethyl adjacent to an activating group) is 1. The van der Waals surface area contributed by atoms with Crippen molar-refractivity contribution in [3.8, 4) is 12.3 Å². The summed E-state index contributed by atoms with van der Waals surface area (Å²) in [6, 6.07) is 0. The summed E-state index contributed by atoms with van der Waals surface area (Å²) in [5.74, 6) is 3.38. The van der Waals surface area contributed by atoms with Crippen LogP contribution in [0.1, 0.15) is 27.2 Å². The van der Waals surface area contributed by atoms with Crippen LogP contribution in [0.2, 0.25) is 0 Å². The molecule has 0 rings (SSSR count). The second kappa shape index (κ2) is 9.05. The van der Waals surface area contributed by atoms with Gasteiger partial charge in [-0.15, -0.1) is 6.42 Å². The molecule has 0 aromatic heterocycles. The van der Waals surface area contributed by atoms with E-state index in [0.29, 0.717) is 6.54 Å². The van der Waals surface area contributed by atoms with Gasteiger partial charge in [-0.1, -0.05) is 33.1 Å². The largest absolute Gasteiger partial charge is 0.305 e. The van der Waals surface area contributed by atoms with Crippen LogP contribution in [0.25, 0.3) is 0 Å². The predicted octanol–water partition coefficient (Wildman–Crippen LogP) is 1.58. The molecule has 0 aliphatic carbocycles. The Kier molecular flexibility index (Phi) is 8.72. The van der Waals surface area contributed by atoms with Crippen LogP contribution in [0.5, 0.6) is 0 Å². The van der Waals surface area contributed by atoms with E-state index in [2.05, 4.69) is 36.9 Å². The van der Waals surface area contributed by atoms with Gasteiger partial charge in [0.25, 0.3) is 0 Å². The Morgan fingerprint density at radius 3 is 2.64 bits per heavy atom. The summed E-state index contributed by atoms with van der Waals surface area (Å²) in [6.07, 6.45) is 6.41. The van der Waals surface area contributed by atoms with Crippen molar-refractivity contribution in [1.82, 2.24) is 10.2 Å². The normalized spacial score (nSPS) is 12.8. The summed E-state index contributed by atoms with van der Waals surface area (Å²) in [4.78, 5) is 2.47. The van der Waals surface area contributed by atoms with Crippen molar-refractivity contribution in [3.05, 3.63) is 0 Å². The molecule has 1 N–H and O–H groups in total. The van der Waals surface area contributed by atoms with E-state index in [1.165, 1.54) is 13.0 Å². The zero-order valence-electron chi connectivity index (χ0n) is 9.84. The zero-order chi connectivity index (χ0) is 10.8. The van der Waals surface area contributed by atoms with Gasteiger partial charge in [-0.25, -0.2) is 0 Å². The first kappa shape index (κ1) is 13.5. The Labute approximate surface area is 89.1 Å². The van der Waals surface area contributed by atoms with Crippen LogP contribution in [-0.2, 0) is 0 Å². The Balaban J connectivity index is 3.53. The second-order valence-electron chi connectivity index (χ2n) is 3.79. The third-order valence-electron chi connectivity index (χ3n) is 2.55. The number of hydrogen-bond donors (Lipinski definition) is 1. The number of terminal acetylenes is 1. The minimum absolute atomic E-state index is 0.681. The zero-order valence-corrected chi connectivity index (χ0v) is 9.84. The van der Waals surface area contributed by atoms with Gasteiger partial charge >= 0.3 is 0 Å². The highest BCUT2D eigenvalue weighted by Gasteiger charge is 2.05. The summed E-state index contributed by atoms with van der Waals surface area (Å²) < 4.78 is 0. The minimum atomic E-state index is 0.681. The lowest BCUT2D eigenvalue weighted by atomic mass is 10.1. The monoisotopic (exact) mass is 196 g/mol. The van der Waals surface area contributed by atoms with Gasteiger partial charge in [-0.2, -0.15) is 0 Å². The van der Waals surface area contributed by atoms with E-state index >= 15 is 0 Å². The van der Waals surface area contributed by atoms with Crippen molar-refractivity contribution in [2.45, 2.75) is 27.2 Å². The van der Waals surface area contributed by atoms with Crippen LogP contribution >= 0.6 is 0 Å². The summed E-state index contributed by atoms with van der Waals surface area (Å²) in [5.41, 5.74) is 0. The summed E-state index contributed by atoms with van der Waals surface area (Å²) >= 11 is 0. The quantitative estimate of drug-likeness (QED) is 0.468. The highest BCUT2D eigenvalue weighted by atomic mass is 15.1. The fraction of sp³-hybridized carbons (Fsp3) is 0.833. The highest BCUT2D eigenvalue weighted by molar-refractivity contribution is 4.86. The Bertz CT molecular complexity index is 160. The van der Waals surface area contributed by atoms with Crippen LogP contribution in [-0.4, -0.2) is 37.6 Å². The van der Waals surface area contributed by atoms with E-state index < -0.39 is 0 Å². The molecule has 2 nitrogen and oxygen atoms in total. The van der Waals surface area contributed by atoms with Gasteiger partial charge in [0.15, 0.2) is 0 Å². The lowest BCUT2D eigenvalue weighted by Gasteiger charge is -2.23. The summed E-state index contributed by atoms with van der Waals surface area (Å²) in [5, 5.41) is 3.21. The number of rotatable bonds is 8. The molecule has 0 aromatic carbocycles. The molecule has 0 aromatic rings. The van der Waals surface area contributed by atoms with Crippen LogP contribution in [0.4, 0.5) is 0 Å². The molecule has 1 atom stereocenters. The molecule has 0 saturated carbocycles. The Morgan fingerprint density at radius 2 is 2.14 bits per heavy atom. The van der Waals surface area contributed by atoms with Gasteiger partial charge in [0.05, 0.1) is 6.54 Å². The number of nitrogens with zero attached hydrogens (tertiary/aromatic N) is 1. The van der Waals surface area contributed by atoms with Gasteiger partial charge in [0, 0.05) is 19.6 Å². The van der Waals surface area contributed by atoms with Gasteiger partial charge < -0.3 is 10.2 Å². The van der Waals surface area contributed by atoms with Crippen molar-refractivity contribution >= 4 is 0 Å². The fourth-order valence-electron chi connectivity index (χ4n) is 1.35. The maximum Gasteiger partial charge on any atom is 0.0574 e. The third-order valence-corrected chi connectivity index (χ3v) is 2.55. The topological polar surface area (TPSA) is 15.3 Å². The molecule has 0 spiro atoms. The van der Waals surface area contributed by atoms with E-state index in [9.17, 15) is 0 Å². The molecule has 0 bridgehead atoms. The lowest BCUT2D eigenvalue weighted by Crippen LogP contribution is -2.35. The van der Waals surface area contributed by atoms with Gasteiger partial charge in [-0.05, 0) is 12.5 Å². The molecule has 0 heterocycles. The Hall–Kier alpha value is -0.520. The molecular weight excluding hydrogens is 172 g/mol. The van der Waals surface area contributed by atoms with E-state index in [-0.39, 0.29) is 0 Å². The van der Waals surface area contributed by atoms with Crippen molar-refractivity contribution in [2.75, 3.05) is 32.7 Å². The average molecular weight is 196 g/mol. The van der Waals surface area contributed by atoms with Crippen molar-refractivity contribution < 1.29 is 0 Å². The average Bonchev–Trinajstić information content (AvgIpc) is 2.22. The second-order valence-corrected chi connectivity index (χ2v) is 3.79. The third kappa shape index (κ3) is 6.94. The summed E-state index contributed by atoms with van der Waals surface area (Å²) in [7, 11) is 0. The standard InChI is InChI=1S/C12H24N2/c1-5-8-13-9-10-14(7-3)11-12(4)6-2/h1,12-13H,6-11H2,2-4H3. The maximum atomic E-state index is 5.15. The van der Waals surface area contributed by atoms with Crippen molar-refractivity contribution in [2.24, 2.45) is 5.92 Å². The van der Waals surface area contributed by atoms with Crippen LogP contribution in [0.15, 0.2) is 0 Å². The van der Waals surface area contributed by atoms with E-state index in [4.69, 9.17) is 6.42 Å². The number of hydrogen-bond acceptors (Lipinski definition) is 2. The smallest absolute Gasteiger partial charge is 0.0574 e. The fourth-order valence-corrected chi connectivity index (χ4v) is 1.35. The number of nitrogens with one attached hydrogen (secondary N) is 1. The van der Waals surface area contributed by atoms with Crippen molar-refractivity contribution in [1.29, 1.82) is 0 Å². The van der Waals surface area contributed by atoms with E-state index in [1.54, 1.807) is 0 Å². The molecule has 0 radical (unpaired) electrons. The van der Waals surface area contributed by atoms with E-state index in [0.717, 1.165) is 25.6 Å². The molecule has 0 aliphatic rings. The lowest BCUT2D eigenvalue weighted by molar-refractivity contribution is 0.247. The van der Waals surface area contributed by atoms with Crippen LogP contribution in [0.3, 0.4) is 0 Å².